The van der Waals surface area contributed by atoms with Crippen LogP contribution in [0.15, 0.2) is 22.6 Å². The predicted molar refractivity (Wildman–Crippen MR) is 58.1 cm³/mol. The molecule has 1 aromatic carbocycles. The van der Waals surface area contributed by atoms with Gasteiger partial charge in [-0.15, -0.1) is 10.2 Å². The molecule has 0 saturated heterocycles. The molecule has 1 N–H and O–H groups in total. The summed E-state index contributed by atoms with van der Waals surface area (Å²) in [6.45, 7) is 1.60. The maximum atomic E-state index is 10.8. The SMILES string of the molecule is Cc1ccc(-c2nnc(C(=O)O)o2)cc1[N+](=O)[O-]. The molecule has 0 unspecified atom stereocenters. The van der Waals surface area contributed by atoms with E-state index in [0.717, 1.165) is 0 Å². The number of carboxylic acids is 1. The highest BCUT2D eigenvalue weighted by molar-refractivity contribution is 5.82. The Morgan fingerprint density at radius 3 is 2.72 bits per heavy atom. The number of aromatic nitrogens is 2. The molecule has 0 fully saturated rings. The second kappa shape index (κ2) is 4.24. The van der Waals surface area contributed by atoms with Gasteiger partial charge in [-0.25, -0.2) is 4.79 Å². The maximum Gasteiger partial charge on any atom is 0.393 e. The number of hydrogen-bond donors (Lipinski definition) is 1. The van der Waals surface area contributed by atoms with E-state index in [1.165, 1.54) is 12.1 Å². The van der Waals surface area contributed by atoms with Gasteiger partial charge >= 0.3 is 11.9 Å². The van der Waals surface area contributed by atoms with Crippen molar-refractivity contribution in [2.45, 2.75) is 6.92 Å². The van der Waals surface area contributed by atoms with Crippen LogP contribution in [0.2, 0.25) is 0 Å². The molecule has 2 rings (SSSR count). The van der Waals surface area contributed by atoms with Crippen molar-refractivity contribution in [3.8, 4) is 11.5 Å². The molecule has 0 amide bonds. The van der Waals surface area contributed by atoms with Gasteiger partial charge in [-0.3, -0.25) is 10.1 Å². The number of carboxylic acid groups (broad SMARTS) is 1. The first-order valence-electron chi connectivity index (χ1n) is 4.81. The van der Waals surface area contributed by atoms with Crippen molar-refractivity contribution >= 4 is 11.7 Å². The minimum absolute atomic E-state index is 0.0736. The number of aromatic carboxylic acids is 1. The van der Waals surface area contributed by atoms with Crippen LogP contribution < -0.4 is 0 Å². The van der Waals surface area contributed by atoms with Gasteiger partial charge in [0.25, 0.3) is 5.69 Å². The van der Waals surface area contributed by atoms with Gasteiger partial charge in [0, 0.05) is 17.2 Å². The zero-order chi connectivity index (χ0) is 13.3. The summed E-state index contributed by atoms with van der Waals surface area (Å²) < 4.78 is 4.86. The van der Waals surface area contributed by atoms with Gasteiger partial charge in [0.15, 0.2) is 0 Å². The van der Waals surface area contributed by atoms with E-state index in [1.54, 1.807) is 13.0 Å². The summed E-state index contributed by atoms with van der Waals surface area (Å²) in [5, 5.41) is 26.2. The zero-order valence-corrected chi connectivity index (χ0v) is 9.15. The van der Waals surface area contributed by atoms with E-state index in [9.17, 15) is 14.9 Å². The van der Waals surface area contributed by atoms with Crippen LogP contribution in [0.5, 0.6) is 0 Å². The van der Waals surface area contributed by atoms with E-state index in [4.69, 9.17) is 9.52 Å². The lowest BCUT2D eigenvalue weighted by Crippen LogP contribution is -1.95. The van der Waals surface area contributed by atoms with E-state index in [2.05, 4.69) is 10.2 Å². The molecule has 0 atom stereocenters. The number of carbonyl (C=O) groups is 1. The summed E-state index contributed by atoms with van der Waals surface area (Å²) in [6, 6.07) is 4.33. The summed E-state index contributed by atoms with van der Waals surface area (Å²) in [5.74, 6) is -1.99. The monoisotopic (exact) mass is 249 g/mol. The third-order valence-corrected chi connectivity index (χ3v) is 2.26. The van der Waals surface area contributed by atoms with Crippen molar-refractivity contribution in [2.24, 2.45) is 0 Å². The van der Waals surface area contributed by atoms with E-state index in [0.29, 0.717) is 11.1 Å². The van der Waals surface area contributed by atoms with E-state index < -0.39 is 16.8 Å². The van der Waals surface area contributed by atoms with Gasteiger partial charge in [-0.1, -0.05) is 6.07 Å². The summed E-state index contributed by atoms with van der Waals surface area (Å²) in [6.07, 6.45) is 0. The summed E-state index contributed by atoms with van der Waals surface area (Å²) in [4.78, 5) is 20.8. The molecule has 8 heteroatoms. The van der Waals surface area contributed by atoms with Gasteiger partial charge in [-0.2, -0.15) is 0 Å². The Hall–Kier alpha value is -2.77. The molecule has 0 bridgehead atoms. The van der Waals surface area contributed by atoms with Crippen molar-refractivity contribution in [3.63, 3.8) is 0 Å². The Morgan fingerprint density at radius 2 is 2.17 bits per heavy atom. The largest absolute Gasteiger partial charge is 0.474 e. The van der Waals surface area contributed by atoms with E-state index in [-0.39, 0.29) is 11.6 Å². The van der Waals surface area contributed by atoms with Crippen LogP contribution in [0, 0.1) is 17.0 Å². The second-order valence-electron chi connectivity index (χ2n) is 3.48. The number of rotatable bonds is 3. The first kappa shape index (κ1) is 11.7. The Balaban J connectivity index is 2.47. The lowest BCUT2D eigenvalue weighted by Gasteiger charge is -1.98. The lowest BCUT2D eigenvalue weighted by atomic mass is 10.1. The average Bonchev–Trinajstić information content (AvgIpc) is 2.78. The number of hydrogen-bond acceptors (Lipinski definition) is 6. The fourth-order valence-electron chi connectivity index (χ4n) is 1.37. The van der Waals surface area contributed by atoms with E-state index >= 15 is 0 Å². The van der Waals surface area contributed by atoms with Gasteiger partial charge in [-0.05, 0) is 13.0 Å². The maximum absolute atomic E-state index is 10.8. The highest BCUT2D eigenvalue weighted by Crippen LogP contribution is 2.25. The fraction of sp³-hybridized carbons (Fsp3) is 0.100. The molecule has 0 saturated carbocycles. The first-order chi connectivity index (χ1) is 8.49. The summed E-state index contributed by atoms with van der Waals surface area (Å²) >= 11 is 0. The van der Waals surface area contributed by atoms with Crippen LogP contribution in [-0.2, 0) is 0 Å². The number of nitrogens with zero attached hydrogens (tertiary/aromatic N) is 3. The minimum atomic E-state index is -1.35. The molecule has 1 aromatic heterocycles. The van der Waals surface area contributed by atoms with Gasteiger partial charge in [0.2, 0.25) is 5.89 Å². The number of nitro groups is 1. The van der Waals surface area contributed by atoms with E-state index in [1.807, 2.05) is 0 Å². The number of benzene rings is 1. The standard InChI is InChI=1S/C10H7N3O5/c1-5-2-3-6(4-7(5)13(16)17)8-11-12-9(18-8)10(14)15/h2-4H,1H3,(H,14,15). The topological polar surface area (TPSA) is 119 Å². The normalized spacial score (nSPS) is 10.3. The molecule has 18 heavy (non-hydrogen) atoms. The van der Waals surface area contributed by atoms with Crippen LogP contribution in [0.3, 0.4) is 0 Å². The van der Waals surface area contributed by atoms with Gasteiger partial charge < -0.3 is 9.52 Å². The Labute approximate surface area is 100 Å². The smallest absolute Gasteiger partial charge is 0.393 e. The predicted octanol–water partition coefficient (Wildman–Crippen LogP) is 1.65. The first-order valence-corrected chi connectivity index (χ1v) is 4.81. The molecule has 0 spiro atoms. The Bertz CT molecular complexity index is 634. The second-order valence-corrected chi connectivity index (χ2v) is 3.48. The molecule has 0 radical (unpaired) electrons. The number of aryl methyl sites for hydroxylation is 1. The van der Waals surface area contributed by atoms with Crippen LogP contribution in [0.1, 0.15) is 16.2 Å². The van der Waals surface area contributed by atoms with Crippen LogP contribution in [0.4, 0.5) is 5.69 Å². The third-order valence-electron chi connectivity index (χ3n) is 2.26. The molecule has 2 aromatic rings. The molecule has 1 heterocycles. The van der Waals surface area contributed by atoms with Crippen molar-refractivity contribution in [3.05, 3.63) is 39.8 Å². The Kier molecular flexibility index (Phi) is 2.76. The molecule has 0 aliphatic heterocycles. The Morgan fingerprint density at radius 1 is 1.44 bits per heavy atom. The molecule has 0 aliphatic rings. The van der Waals surface area contributed by atoms with Crippen LogP contribution >= 0.6 is 0 Å². The molecule has 8 nitrogen and oxygen atoms in total. The highest BCUT2D eigenvalue weighted by Gasteiger charge is 2.17. The van der Waals surface area contributed by atoms with Gasteiger partial charge in [0.1, 0.15) is 0 Å². The quantitative estimate of drug-likeness (QED) is 0.648. The summed E-state index contributed by atoms with van der Waals surface area (Å²) in [7, 11) is 0. The molecule has 92 valence electrons. The third kappa shape index (κ3) is 2.03. The number of nitro benzene ring substituents is 1. The van der Waals surface area contributed by atoms with Gasteiger partial charge in [0.05, 0.1) is 4.92 Å². The summed E-state index contributed by atoms with van der Waals surface area (Å²) in [5.41, 5.74) is 0.691. The average molecular weight is 249 g/mol. The zero-order valence-electron chi connectivity index (χ0n) is 9.15. The fourth-order valence-corrected chi connectivity index (χ4v) is 1.37. The van der Waals surface area contributed by atoms with Crippen molar-refractivity contribution < 1.29 is 19.2 Å². The minimum Gasteiger partial charge on any atom is -0.474 e. The lowest BCUT2D eigenvalue weighted by molar-refractivity contribution is -0.385. The van der Waals surface area contributed by atoms with Crippen molar-refractivity contribution in [2.75, 3.05) is 0 Å². The molecular weight excluding hydrogens is 242 g/mol. The van der Waals surface area contributed by atoms with Crippen LogP contribution in [-0.4, -0.2) is 26.2 Å². The molecule has 0 aliphatic carbocycles. The van der Waals surface area contributed by atoms with Crippen LogP contribution in [0.25, 0.3) is 11.5 Å². The van der Waals surface area contributed by atoms with Crippen molar-refractivity contribution in [1.29, 1.82) is 0 Å². The van der Waals surface area contributed by atoms with Crippen molar-refractivity contribution in [1.82, 2.24) is 10.2 Å². The highest BCUT2D eigenvalue weighted by atomic mass is 16.6. The molecular formula is C10H7N3O5.